The maximum absolute atomic E-state index is 11.2. The third kappa shape index (κ3) is 2.76. The molecule has 13 nitrogen and oxygen atoms in total. The number of benzene rings is 2. The van der Waals surface area contributed by atoms with E-state index in [1.165, 1.54) is 6.07 Å². The van der Waals surface area contributed by atoms with E-state index in [2.05, 4.69) is 20.3 Å². The molecule has 3 rings (SSSR count). The summed E-state index contributed by atoms with van der Waals surface area (Å²) in [7, 11) is 0. The van der Waals surface area contributed by atoms with Crippen molar-refractivity contribution in [2.24, 2.45) is 0 Å². The van der Waals surface area contributed by atoms with Crippen LogP contribution in [0.2, 0.25) is 0 Å². The largest absolute Gasteiger partial charge is 0.348 e. The van der Waals surface area contributed by atoms with Gasteiger partial charge in [-0.3, -0.25) is 30.3 Å². The van der Waals surface area contributed by atoms with Crippen molar-refractivity contribution >= 4 is 39.5 Å². The minimum Gasteiger partial charge on any atom is -0.348 e. The van der Waals surface area contributed by atoms with Crippen molar-refractivity contribution in [2.45, 2.75) is 0 Å². The Morgan fingerprint density at radius 3 is 2.08 bits per heavy atom. The van der Waals surface area contributed by atoms with Crippen molar-refractivity contribution in [3.8, 4) is 0 Å². The van der Waals surface area contributed by atoms with Gasteiger partial charge in [0.15, 0.2) is 5.52 Å². The summed E-state index contributed by atoms with van der Waals surface area (Å²) in [6.45, 7) is 0. The third-order valence-electron chi connectivity index (χ3n) is 3.25. The molecule has 0 aliphatic heterocycles. The Labute approximate surface area is 136 Å². The van der Waals surface area contributed by atoms with E-state index < -0.39 is 26.1 Å². The normalized spacial score (nSPS) is 10.6. The number of hydrogen-bond donors (Lipinski definition) is 1. The lowest BCUT2D eigenvalue weighted by atomic mass is 10.2. The lowest BCUT2D eigenvalue weighted by molar-refractivity contribution is -0.393. The zero-order valence-corrected chi connectivity index (χ0v) is 12.0. The molecule has 0 saturated carbocycles. The number of nitro groups is 3. The molecule has 0 aliphatic rings. The summed E-state index contributed by atoms with van der Waals surface area (Å²) in [5.41, 5.74) is -1.40. The summed E-state index contributed by atoms with van der Waals surface area (Å²) in [6, 6.07) is 5.43. The Kier molecular flexibility index (Phi) is 3.65. The van der Waals surface area contributed by atoms with Crippen LogP contribution in [-0.2, 0) is 0 Å². The lowest BCUT2D eigenvalue weighted by Gasteiger charge is -2.07. The maximum Gasteiger partial charge on any atom is 0.300 e. The topological polar surface area (TPSA) is 180 Å². The number of anilines is 2. The Hall–Kier alpha value is -4.16. The zero-order valence-electron chi connectivity index (χ0n) is 12.0. The molecule has 0 fully saturated rings. The predicted molar refractivity (Wildman–Crippen MR) is 81.5 cm³/mol. The van der Waals surface area contributed by atoms with Crippen molar-refractivity contribution in [2.75, 3.05) is 5.32 Å². The summed E-state index contributed by atoms with van der Waals surface area (Å²) in [6.07, 6.45) is 0. The van der Waals surface area contributed by atoms with Crippen LogP contribution in [0.25, 0.3) is 11.0 Å². The highest BCUT2D eigenvalue weighted by Gasteiger charge is 2.23. The molecule has 0 aliphatic carbocycles. The van der Waals surface area contributed by atoms with Gasteiger partial charge in [-0.2, -0.15) is 0 Å². The summed E-state index contributed by atoms with van der Waals surface area (Å²) < 4.78 is 4.49. The molecule has 0 radical (unpaired) electrons. The van der Waals surface area contributed by atoms with Crippen molar-refractivity contribution in [1.82, 2.24) is 10.3 Å². The van der Waals surface area contributed by atoms with Gasteiger partial charge in [0.1, 0.15) is 5.69 Å². The van der Waals surface area contributed by atoms with Crippen LogP contribution in [0.5, 0.6) is 0 Å². The van der Waals surface area contributed by atoms with Crippen LogP contribution in [0.3, 0.4) is 0 Å². The molecule has 0 amide bonds. The van der Waals surface area contributed by atoms with Crippen molar-refractivity contribution in [3.05, 3.63) is 60.7 Å². The second-order valence-corrected chi connectivity index (χ2v) is 4.69. The second kappa shape index (κ2) is 5.80. The number of non-ortho nitro benzene ring substituents is 2. The van der Waals surface area contributed by atoms with Crippen LogP contribution in [-0.4, -0.2) is 25.1 Å². The van der Waals surface area contributed by atoms with E-state index in [0.717, 1.165) is 24.3 Å². The fourth-order valence-electron chi connectivity index (χ4n) is 2.14. The molecule has 1 N–H and O–H groups in total. The quantitative estimate of drug-likeness (QED) is 0.532. The highest BCUT2D eigenvalue weighted by atomic mass is 16.6. The standard InChI is InChI=1S/C12H6N6O7/c19-16(20)6-1-2-7(10(5-6)18(23)24)13-8-3-4-9(17(21)22)12-11(8)14-25-15-12/h1-5,13H. The lowest BCUT2D eigenvalue weighted by Crippen LogP contribution is -2.00. The number of nitro benzene ring substituents is 3. The van der Waals surface area contributed by atoms with Crippen LogP contribution >= 0.6 is 0 Å². The molecule has 0 bridgehead atoms. The summed E-state index contributed by atoms with van der Waals surface area (Å²) in [4.78, 5) is 30.6. The molecule has 25 heavy (non-hydrogen) atoms. The first-order chi connectivity index (χ1) is 11.9. The van der Waals surface area contributed by atoms with E-state index >= 15 is 0 Å². The van der Waals surface area contributed by atoms with Crippen molar-refractivity contribution < 1.29 is 19.4 Å². The number of rotatable bonds is 5. The highest BCUT2D eigenvalue weighted by Crippen LogP contribution is 2.35. The Bertz CT molecular complexity index is 1030. The Morgan fingerprint density at radius 2 is 1.44 bits per heavy atom. The van der Waals surface area contributed by atoms with Gasteiger partial charge >= 0.3 is 5.69 Å². The van der Waals surface area contributed by atoms with Crippen molar-refractivity contribution in [3.63, 3.8) is 0 Å². The second-order valence-electron chi connectivity index (χ2n) is 4.69. The maximum atomic E-state index is 11.2. The first kappa shape index (κ1) is 15.7. The summed E-state index contributed by atoms with van der Waals surface area (Å²) >= 11 is 0. The number of fused-ring (bicyclic) bond motifs is 1. The number of nitrogens with one attached hydrogen (secondary N) is 1. The molecular formula is C12H6N6O7. The van der Waals surface area contributed by atoms with Crippen LogP contribution in [0.1, 0.15) is 0 Å². The van der Waals surface area contributed by atoms with E-state index in [-0.39, 0.29) is 28.1 Å². The molecule has 0 atom stereocenters. The number of nitrogens with zero attached hydrogens (tertiary/aromatic N) is 5. The molecule has 1 heterocycles. The fraction of sp³-hybridized carbons (Fsp3) is 0. The molecule has 3 aromatic rings. The van der Waals surface area contributed by atoms with Gasteiger partial charge in [-0.25, -0.2) is 4.63 Å². The zero-order chi connectivity index (χ0) is 18.1. The van der Waals surface area contributed by atoms with Crippen molar-refractivity contribution in [1.29, 1.82) is 0 Å². The van der Waals surface area contributed by atoms with Gasteiger partial charge in [0.05, 0.1) is 26.5 Å². The highest BCUT2D eigenvalue weighted by molar-refractivity contribution is 5.95. The Morgan fingerprint density at radius 1 is 0.800 bits per heavy atom. The fourth-order valence-corrected chi connectivity index (χ4v) is 2.14. The van der Waals surface area contributed by atoms with E-state index in [1.54, 1.807) is 0 Å². The van der Waals surface area contributed by atoms with Crippen LogP contribution in [0, 0.1) is 30.3 Å². The van der Waals surface area contributed by atoms with E-state index in [1.807, 2.05) is 0 Å². The smallest absolute Gasteiger partial charge is 0.300 e. The minimum absolute atomic E-state index is 0.0122. The first-order valence-corrected chi connectivity index (χ1v) is 6.48. The SMILES string of the molecule is O=[N+]([O-])c1ccc(Nc2ccc([N+](=O)[O-])c3nonc23)c([N+](=O)[O-])c1. The van der Waals surface area contributed by atoms with Crippen LogP contribution in [0.15, 0.2) is 35.0 Å². The van der Waals surface area contributed by atoms with Gasteiger partial charge in [0, 0.05) is 12.1 Å². The molecule has 126 valence electrons. The van der Waals surface area contributed by atoms with E-state index in [0.29, 0.717) is 0 Å². The van der Waals surface area contributed by atoms with Gasteiger partial charge in [-0.15, -0.1) is 0 Å². The predicted octanol–water partition coefficient (Wildman–Crippen LogP) is 2.69. The van der Waals surface area contributed by atoms with Gasteiger partial charge in [0.2, 0.25) is 5.52 Å². The number of hydrogen-bond acceptors (Lipinski definition) is 10. The number of aromatic nitrogens is 2. The Balaban J connectivity index is 2.09. The van der Waals surface area contributed by atoms with Gasteiger partial charge < -0.3 is 5.32 Å². The van der Waals surface area contributed by atoms with Gasteiger partial charge in [-0.1, -0.05) is 0 Å². The van der Waals surface area contributed by atoms with Gasteiger partial charge in [0.25, 0.3) is 11.4 Å². The minimum atomic E-state index is -0.793. The molecule has 13 heteroatoms. The van der Waals surface area contributed by atoms with E-state index in [4.69, 9.17) is 0 Å². The third-order valence-corrected chi connectivity index (χ3v) is 3.25. The average molecular weight is 346 g/mol. The van der Waals surface area contributed by atoms with Crippen LogP contribution in [0.4, 0.5) is 28.4 Å². The average Bonchev–Trinajstić information content (AvgIpc) is 3.04. The van der Waals surface area contributed by atoms with E-state index in [9.17, 15) is 30.3 Å². The molecule has 1 aromatic heterocycles. The molecule has 0 unspecified atom stereocenters. The van der Waals surface area contributed by atoms with Crippen LogP contribution < -0.4 is 5.32 Å². The molecular weight excluding hydrogens is 340 g/mol. The molecule has 2 aromatic carbocycles. The summed E-state index contributed by atoms with van der Waals surface area (Å²) in [5.74, 6) is 0. The molecule has 0 spiro atoms. The summed E-state index contributed by atoms with van der Waals surface area (Å²) in [5, 5.41) is 42.5. The monoisotopic (exact) mass is 346 g/mol. The van der Waals surface area contributed by atoms with Gasteiger partial charge in [-0.05, 0) is 22.4 Å². The first-order valence-electron chi connectivity index (χ1n) is 6.48. The molecule has 0 saturated heterocycles.